The zero-order valence-electron chi connectivity index (χ0n) is 13.4. The maximum absolute atomic E-state index is 12.7. The van der Waals surface area contributed by atoms with Crippen molar-refractivity contribution in [2.24, 2.45) is 5.73 Å². The third-order valence-corrected chi connectivity index (χ3v) is 4.46. The highest BCUT2D eigenvalue weighted by atomic mass is 35.5. The number of alkyl halides is 3. The van der Waals surface area contributed by atoms with Crippen molar-refractivity contribution in [3.05, 3.63) is 22.8 Å². The van der Waals surface area contributed by atoms with Crippen molar-refractivity contribution < 1.29 is 32.6 Å². The van der Waals surface area contributed by atoms with Crippen molar-refractivity contribution in [2.75, 3.05) is 31.1 Å². The highest BCUT2D eigenvalue weighted by molar-refractivity contribution is 6.32. The van der Waals surface area contributed by atoms with Gasteiger partial charge in [0.1, 0.15) is 37.4 Å². The molecule has 1 aliphatic heterocycles. The van der Waals surface area contributed by atoms with Gasteiger partial charge in [-0.3, -0.25) is 10.1 Å². The Morgan fingerprint density at radius 1 is 1.40 bits per heavy atom. The van der Waals surface area contributed by atoms with Crippen LogP contribution in [0, 0.1) is 0 Å². The Morgan fingerprint density at radius 2 is 2.00 bits per heavy atom. The maximum Gasteiger partial charge on any atom is 0.419 e. The number of halogens is 4. The van der Waals surface area contributed by atoms with Gasteiger partial charge >= 0.3 is 12.2 Å². The molecule has 2 rings (SSSR count). The molecule has 0 saturated carbocycles. The topological polar surface area (TPSA) is 94.0 Å². The number of hydrogen-bond donors (Lipinski definition) is 3. The molecular weight excluding hydrogens is 363 g/mol. The summed E-state index contributed by atoms with van der Waals surface area (Å²) in [6.07, 6.45) is -3.59. The van der Waals surface area contributed by atoms with Crippen LogP contribution in [0.4, 0.5) is 23.8 Å². The first-order valence-electron chi connectivity index (χ1n) is 7.58. The van der Waals surface area contributed by atoms with Crippen molar-refractivity contribution in [1.82, 2.24) is 5.32 Å². The van der Waals surface area contributed by atoms with Crippen LogP contribution in [0.5, 0.6) is 0 Å². The van der Waals surface area contributed by atoms with Gasteiger partial charge in [0.25, 0.3) is 11.7 Å². The normalized spacial score (nSPS) is 17.2. The third-order valence-electron chi connectivity index (χ3n) is 4.17. The largest absolute Gasteiger partial charge is 0.419 e. The number of nitrogens with zero attached hydrogens (tertiary/aromatic N) is 1. The van der Waals surface area contributed by atoms with E-state index in [1.165, 1.54) is 0 Å². The van der Waals surface area contributed by atoms with E-state index in [9.17, 15) is 22.8 Å². The Bertz CT molecular complexity index is 662. The molecule has 1 fully saturated rings. The molecule has 138 valence electrons. The Labute approximate surface area is 146 Å². The van der Waals surface area contributed by atoms with Crippen LogP contribution in [0.15, 0.2) is 12.3 Å². The summed E-state index contributed by atoms with van der Waals surface area (Å²) in [6, 6.07) is -0.488. The molecule has 2 heterocycles. The second-order valence-electron chi connectivity index (χ2n) is 5.80. The molecule has 11 heteroatoms. The number of quaternary nitrogens is 1. The quantitative estimate of drug-likeness (QED) is 0.656. The van der Waals surface area contributed by atoms with Gasteiger partial charge in [-0.25, -0.2) is 14.7 Å². The summed E-state index contributed by atoms with van der Waals surface area (Å²) in [4.78, 5) is 27.9. The van der Waals surface area contributed by atoms with Crippen molar-refractivity contribution in [3.63, 3.8) is 0 Å². The van der Waals surface area contributed by atoms with E-state index in [2.05, 4.69) is 4.98 Å². The molecule has 1 aromatic rings. The number of aromatic nitrogens is 1. The van der Waals surface area contributed by atoms with E-state index in [0.717, 1.165) is 17.2 Å². The van der Waals surface area contributed by atoms with Crippen molar-refractivity contribution in [3.8, 4) is 0 Å². The Balaban J connectivity index is 2.00. The Morgan fingerprint density at radius 3 is 2.48 bits per heavy atom. The first kappa shape index (κ1) is 19.3. The van der Waals surface area contributed by atoms with Crippen molar-refractivity contribution in [1.29, 1.82) is 0 Å². The summed E-state index contributed by atoms with van der Waals surface area (Å²) in [5.74, 6) is -0.0574. The lowest BCUT2D eigenvalue weighted by Crippen LogP contribution is -3.19. The number of anilines is 1. The zero-order valence-corrected chi connectivity index (χ0v) is 14.2. The number of rotatable bonds is 3. The van der Waals surface area contributed by atoms with Gasteiger partial charge in [-0.05, 0) is 13.0 Å². The van der Waals surface area contributed by atoms with E-state index in [-0.39, 0.29) is 5.02 Å². The molecule has 25 heavy (non-hydrogen) atoms. The minimum Gasteiger partial charge on any atom is -0.351 e. The number of amides is 3. The standard InChI is InChI=1S/C14H17ClF3N5O2/c1-8(12(24)21-13(19)25)22-2-4-23(5-3-22)11-10(15)6-9(7-20-11)14(16,17)18/h6-8H,2-5H2,1H3,(H3,19,21,24,25)/p+2/t8-/m1/s1. The molecule has 0 unspecified atom stereocenters. The number of urea groups is 1. The minimum atomic E-state index is -4.47. The molecular formula is C14H19ClF3N5O2+2. The number of imide groups is 1. The molecule has 0 radical (unpaired) electrons. The van der Waals surface area contributed by atoms with Gasteiger partial charge in [-0.2, -0.15) is 13.2 Å². The van der Waals surface area contributed by atoms with Gasteiger partial charge < -0.3 is 10.6 Å². The summed E-state index contributed by atoms with van der Waals surface area (Å²) in [7, 11) is 0. The third kappa shape index (κ3) is 4.73. The average Bonchev–Trinajstić information content (AvgIpc) is 2.53. The number of primary amides is 1. The fourth-order valence-electron chi connectivity index (χ4n) is 2.73. The van der Waals surface area contributed by atoms with Gasteiger partial charge in [-0.15, -0.1) is 0 Å². The first-order valence-corrected chi connectivity index (χ1v) is 7.95. The molecule has 0 spiro atoms. The van der Waals surface area contributed by atoms with Gasteiger partial charge in [0.15, 0.2) is 6.04 Å². The lowest BCUT2D eigenvalue weighted by molar-refractivity contribution is -0.914. The van der Waals surface area contributed by atoms with Crippen LogP contribution in [-0.2, 0) is 11.0 Å². The predicted molar refractivity (Wildman–Crippen MR) is 83.1 cm³/mol. The summed E-state index contributed by atoms with van der Waals surface area (Å²) in [5.41, 5.74) is 4.09. The smallest absolute Gasteiger partial charge is 0.351 e. The zero-order chi connectivity index (χ0) is 18.8. The van der Waals surface area contributed by atoms with Crippen LogP contribution in [-0.4, -0.2) is 44.2 Å². The number of H-pyrrole nitrogens is 1. The molecule has 5 N–H and O–H groups in total. The van der Waals surface area contributed by atoms with E-state index in [1.807, 2.05) is 10.2 Å². The van der Waals surface area contributed by atoms with Crippen LogP contribution in [0.3, 0.4) is 0 Å². The maximum atomic E-state index is 12.7. The summed E-state index contributed by atoms with van der Waals surface area (Å²) in [5, 5.41) is 2.03. The highest BCUT2D eigenvalue weighted by Crippen LogP contribution is 2.31. The predicted octanol–water partition coefficient (Wildman–Crippen LogP) is -0.539. The van der Waals surface area contributed by atoms with Crippen LogP contribution >= 0.6 is 11.6 Å². The van der Waals surface area contributed by atoms with E-state index in [4.69, 9.17) is 17.3 Å². The summed E-state index contributed by atoms with van der Waals surface area (Å²) in [6.45, 7) is 3.77. The lowest BCUT2D eigenvalue weighted by Gasteiger charge is -2.31. The number of carbonyl (C=O) groups is 2. The molecule has 0 aliphatic carbocycles. The number of hydrogen-bond acceptors (Lipinski definition) is 3. The van der Waals surface area contributed by atoms with Crippen LogP contribution in [0.1, 0.15) is 12.5 Å². The van der Waals surface area contributed by atoms with Gasteiger partial charge in [0.2, 0.25) is 0 Å². The van der Waals surface area contributed by atoms with Crippen LogP contribution in [0.2, 0.25) is 5.02 Å². The van der Waals surface area contributed by atoms with Crippen molar-refractivity contribution >= 4 is 29.4 Å². The second kappa shape index (κ2) is 7.44. The van der Waals surface area contributed by atoms with E-state index in [0.29, 0.717) is 32.0 Å². The molecule has 7 nitrogen and oxygen atoms in total. The number of aromatic amines is 1. The summed E-state index contributed by atoms with van der Waals surface area (Å²) >= 11 is 5.98. The number of nitrogens with one attached hydrogen (secondary N) is 3. The SMILES string of the molecule is C[C@H](C(=O)NC(N)=O)[NH+]1CCN(c2[nH+]cc(C(F)(F)F)cc2Cl)CC1. The molecule has 0 aromatic carbocycles. The fraction of sp³-hybridized carbons (Fsp3) is 0.500. The van der Waals surface area contributed by atoms with Crippen molar-refractivity contribution in [2.45, 2.75) is 19.1 Å². The second-order valence-corrected chi connectivity index (χ2v) is 6.21. The summed E-state index contributed by atoms with van der Waals surface area (Å²) < 4.78 is 38.0. The molecule has 1 saturated heterocycles. The Kier molecular flexibility index (Phi) is 5.73. The molecule has 1 aliphatic rings. The van der Waals surface area contributed by atoms with Gasteiger partial charge in [0, 0.05) is 0 Å². The molecule has 0 bridgehead atoms. The number of pyridine rings is 1. The number of nitrogens with two attached hydrogens (primary N) is 1. The molecule has 1 aromatic heterocycles. The van der Waals surface area contributed by atoms with Crippen LogP contribution in [0.25, 0.3) is 0 Å². The van der Waals surface area contributed by atoms with Crippen LogP contribution < -0.4 is 25.8 Å². The Hall–Kier alpha value is -2.07. The lowest BCUT2D eigenvalue weighted by atomic mass is 10.2. The highest BCUT2D eigenvalue weighted by Gasteiger charge is 2.36. The van der Waals surface area contributed by atoms with Gasteiger partial charge in [0.05, 0.1) is 5.56 Å². The van der Waals surface area contributed by atoms with E-state index >= 15 is 0 Å². The number of carbonyl (C=O) groups excluding carboxylic acids is 2. The minimum absolute atomic E-state index is 0.0159. The monoisotopic (exact) mass is 381 g/mol. The molecule has 1 atom stereocenters. The molecule has 3 amide bonds. The first-order chi connectivity index (χ1) is 11.6. The average molecular weight is 382 g/mol. The van der Waals surface area contributed by atoms with E-state index < -0.39 is 29.7 Å². The van der Waals surface area contributed by atoms with E-state index in [1.54, 1.807) is 6.92 Å². The number of piperazine rings is 1. The fourth-order valence-corrected chi connectivity index (χ4v) is 3.02. The van der Waals surface area contributed by atoms with Gasteiger partial charge in [-0.1, -0.05) is 11.6 Å².